The molecule has 7 heteroatoms. The van der Waals surface area contributed by atoms with Crippen molar-refractivity contribution in [3.05, 3.63) is 47.7 Å². The Labute approximate surface area is 124 Å². The topological polar surface area (TPSA) is 48.0 Å². The first kappa shape index (κ1) is 12.8. The number of halogens is 2. The summed E-state index contributed by atoms with van der Waals surface area (Å²) in [7, 11) is 0. The summed E-state index contributed by atoms with van der Waals surface area (Å²) in [5.41, 5.74) is 1.36. The maximum absolute atomic E-state index is 13.6. The molecule has 0 unspecified atom stereocenters. The highest BCUT2D eigenvalue weighted by atomic mass is 19.2. The molecule has 4 rings (SSSR count). The standard InChI is InChI=1S/C15H9F2N5/c1-18-14-9(6-19-7-20-14)15-21-12-4-10(16)11(17)5-13(12)22(15)8-2-3-8/h4-8H,2-3H2. The third-order valence-corrected chi connectivity index (χ3v) is 3.68. The van der Waals surface area contributed by atoms with Gasteiger partial charge in [-0.15, -0.1) is 4.98 Å². The molecule has 0 saturated heterocycles. The van der Waals surface area contributed by atoms with Crippen molar-refractivity contribution in [3.63, 3.8) is 0 Å². The minimum absolute atomic E-state index is 0.174. The molecule has 108 valence electrons. The van der Waals surface area contributed by atoms with E-state index in [-0.39, 0.29) is 11.9 Å². The zero-order valence-corrected chi connectivity index (χ0v) is 11.3. The van der Waals surface area contributed by atoms with Gasteiger partial charge in [-0.3, -0.25) is 0 Å². The summed E-state index contributed by atoms with van der Waals surface area (Å²) in [6.45, 7) is 7.21. The van der Waals surface area contributed by atoms with Crippen molar-refractivity contribution in [2.75, 3.05) is 0 Å². The molecule has 1 saturated carbocycles. The summed E-state index contributed by atoms with van der Waals surface area (Å²) >= 11 is 0. The Hall–Kier alpha value is -2.88. The summed E-state index contributed by atoms with van der Waals surface area (Å²) in [6, 6.07) is 2.42. The average molecular weight is 297 g/mol. The Balaban J connectivity index is 2.06. The van der Waals surface area contributed by atoms with Gasteiger partial charge >= 0.3 is 0 Å². The Morgan fingerprint density at radius 3 is 2.73 bits per heavy atom. The van der Waals surface area contributed by atoms with Crippen LogP contribution in [-0.4, -0.2) is 19.5 Å². The van der Waals surface area contributed by atoms with Crippen molar-refractivity contribution in [1.29, 1.82) is 0 Å². The molecule has 0 bridgehead atoms. The average Bonchev–Trinajstić information content (AvgIpc) is 3.30. The molecule has 1 aliphatic rings. The number of fused-ring (bicyclic) bond motifs is 1. The first-order valence-electron chi connectivity index (χ1n) is 6.74. The predicted molar refractivity (Wildman–Crippen MR) is 75.2 cm³/mol. The molecule has 3 aromatic rings. The third-order valence-electron chi connectivity index (χ3n) is 3.68. The van der Waals surface area contributed by atoms with Crippen LogP contribution in [0.3, 0.4) is 0 Å². The zero-order chi connectivity index (χ0) is 15.3. The number of hydrogen-bond donors (Lipinski definition) is 0. The van der Waals surface area contributed by atoms with Crippen molar-refractivity contribution in [1.82, 2.24) is 19.5 Å². The molecule has 0 aliphatic heterocycles. The van der Waals surface area contributed by atoms with Gasteiger partial charge in [-0.25, -0.2) is 18.7 Å². The summed E-state index contributed by atoms with van der Waals surface area (Å²) in [4.78, 5) is 15.6. The van der Waals surface area contributed by atoms with Gasteiger partial charge in [0.2, 0.25) is 6.33 Å². The van der Waals surface area contributed by atoms with Crippen LogP contribution >= 0.6 is 0 Å². The summed E-state index contributed by atoms with van der Waals surface area (Å²) in [5.74, 6) is -1.19. The van der Waals surface area contributed by atoms with Crippen LogP contribution in [0, 0.1) is 18.2 Å². The molecule has 0 N–H and O–H groups in total. The van der Waals surface area contributed by atoms with E-state index >= 15 is 0 Å². The first-order chi connectivity index (χ1) is 10.7. The van der Waals surface area contributed by atoms with E-state index in [2.05, 4.69) is 19.8 Å². The van der Waals surface area contributed by atoms with Crippen molar-refractivity contribution < 1.29 is 8.78 Å². The van der Waals surface area contributed by atoms with Gasteiger partial charge in [0, 0.05) is 24.4 Å². The van der Waals surface area contributed by atoms with Gasteiger partial charge in [-0.1, -0.05) is 6.57 Å². The van der Waals surface area contributed by atoms with E-state index < -0.39 is 11.6 Å². The number of benzene rings is 1. The lowest BCUT2D eigenvalue weighted by Gasteiger charge is -2.08. The maximum atomic E-state index is 13.6. The van der Waals surface area contributed by atoms with Crippen LogP contribution in [0.4, 0.5) is 14.6 Å². The molecule has 1 fully saturated rings. The van der Waals surface area contributed by atoms with Crippen LogP contribution in [0.5, 0.6) is 0 Å². The van der Waals surface area contributed by atoms with Crippen molar-refractivity contribution >= 4 is 16.9 Å². The number of aromatic nitrogens is 4. The lowest BCUT2D eigenvalue weighted by Crippen LogP contribution is -1.99. The van der Waals surface area contributed by atoms with Gasteiger partial charge in [-0.2, -0.15) is 0 Å². The smallest absolute Gasteiger partial charge is 0.283 e. The molecular formula is C15H9F2N5. The van der Waals surface area contributed by atoms with Crippen LogP contribution in [0.1, 0.15) is 18.9 Å². The van der Waals surface area contributed by atoms with Crippen LogP contribution in [-0.2, 0) is 0 Å². The van der Waals surface area contributed by atoms with Crippen LogP contribution in [0.15, 0.2) is 24.7 Å². The Bertz CT molecular complexity index is 937. The fourth-order valence-electron chi connectivity index (χ4n) is 2.55. The number of nitrogens with zero attached hydrogens (tertiary/aromatic N) is 5. The monoisotopic (exact) mass is 297 g/mol. The predicted octanol–water partition coefficient (Wildman–Crippen LogP) is 3.66. The molecule has 5 nitrogen and oxygen atoms in total. The minimum atomic E-state index is -0.936. The van der Waals surface area contributed by atoms with Gasteiger partial charge in [-0.05, 0) is 12.8 Å². The molecular weight excluding hydrogens is 288 g/mol. The Morgan fingerprint density at radius 1 is 1.23 bits per heavy atom. The van der Waals surface area contributed by atoms with E-state index in [1.165, 1.54) is 12.5 Å². The largest absolute Gasteiger partial charge is 0.360 e. The van der Waals surface area contributed by atoms with Crippen molar-refractivity contribution in [3.8, 4) is 11.4 Å². The maximum Gasteiger partial charge on any atom is 0.283 e. The Morgan fingerprint density at radius 2 is 2.00 bits per heavy atom. The summed E-state index contributed by atoms with van der Waals surface area (Å²) < 4.78 is 28.9. The van der Waals surface area contributed by atoms with Crippen molar-refractivity contribution in [2.24, 2.45) is 0 Å². The van der Waals surface area contributed by atoms with Crippen LogP contribution in [0.2, 0.25) is 0 Å². The van der Waals surface area contributed by atoms with Gasteiger partial charge in [0.1, 0.15) is 5.82 Å². The minimum Gasteiger partial charge on any atom is -0.360 e. The second kappa shape index (κ2) is 4.56. The van der Waals surface area contributed by atoms with Gasteiger partial charge < -0.3 is 9.41 Å². The zero-order valence-electron chi connectivity index (χ0n) is 11.3. The molecule has 2 heterocycles. The van der Waals surface area contributed by atoms with Gasteiger partial charge in [0.15, 0.2) is 11.6 Å². The van der Waals surface area contributed by atoms with E-state index in [9.17, 15) is 8.78 Å². The second-order valence-corrected chi connectivity index (χ2v) is 5.16. The van der Waals surface area contributed by atoms with E-state index in [4.69, 9.17) is 6.57 Å². The Kier molecular flexibility index (Phi) is 2.66. The molecule has 1 aromatic carbocycles. The molecule has 1 aliphatic carbocycles. The molecule has 2 aromatic heterocycles. The highest BCUT2D eigenvalue weighted by Crippen LogP contribution is 2.42. The quantitative estimate of drug-likeness (QED) is 0.678. The van der Waals surface area contributed by atoms with Crippen LogP contribution < -0.4 is 0 Å². The van der Waals surface area contributed by atoms with E-state index in [0.717, 1.165) is 25.0 Å². The fraction of sp³-hybridized carbons (Fsp3) is 0.200. The normalized spacial score (nSPS) is 14.2. The molecule has 0 radical (unpaired) electrons. The number of rotatable bonds is 2. The molecule has 0 amide bonds. The van der Waals surface area contributed by atoms with E-state index in [1.54, 1.807) is 0 Å². The lowest BCUT2D eigenvalue weighted by atomic mass is 10.2. The molecule has 0 spiro atoms. The lowest BCUT2D eigenvalue weighted by molar-refractivity contribution is 0.510. The summed E-state index contributed by atoms with van der Waals surface area (Å²) in [5, 5.41) is 0. The van der Waals surface area contributed by atoms with E-state index in [1.807, 2.05) is 4.57 Å². The second-order valence-electron chi connectivity index (χ2n) is 5.16. The highest BCUT2D eigenvalue weighted by molar-refractivity contribution is 5.83. The number of hydrogen-bond acceptors (Lipinski definition) is 3. The third kappa shape index (κ3) is 1.84. The van der Waals surface area contributed by atoms with Crippen LogP contribution in [0.25, 0.3) is 27.3 Å². The molecule has 22 heavy (non-hydrogen) atoms. The molecule has 0 atom stereocenters. The SMILES string of the molecule is [C-]#[N+]c1ncncc1-c1nc2cc(F)c(F)cc2n1C1CC1. The fourth-order valence-corrected chi connectivity index (χ4v) is 2.55. The van der Waals surface area contributed by atoms with E-state index in [0.29, 0.717) is 22.4 Å². The van der Waals surface area contributed by atoms with Crippen molar-refractivity contribution in [2.45, 2.75) is 18.9 Å². The first-order valence-corrected chi connectivity index (χ1v) is 6.74. The highest BCUT2D eigenvalue weighted by Gasteiger charge is 2.30. The van der Waals surface area contributed by atoms with Gasteiger partial charge in [0.25, 0.3) is 5.82 Å². The van der Waals surface area contributed by atoms with Gasteiger partial charge in [0.05, 0.1) is 16.6 Å². The number of imidazole rings is 1. The summed E-state index contributed by atoms with van der Waals surface area (Å²) in [6.07, 6.45) is 4.69.